The minimum atomic E-state index is 0.881. The molecular formula is C22H20N4. The first-order chi connectivity index (χ1) is 12.8. The first-order valence-electron chi connectivity index (χ1n) is 8.86. The normalized spacial score (nSPS) is 14.0. The van der Waals surface area contributed by atoms with Crippen LogP contribution >= 0.6 is 0 Å². The Morgan fingerprint density at radius 2 is 1.77 bits per heavy atom. The summed E-state index contributed by atoms with van der Waals surface area (Å²) in [5, 5.41) is 0. The molecule has 0 aliphatic carbocycles. The van der Waals surface area contributed by atoms with Crippen LogP contribution in [0.3, 0.4) is 0 Å². The lowest BCUT2D eigenvalue weighted by atomic mass is 10.0. The monoisotopic (exact) mass is 340 g/mol. The maximum atomic E-state index is 4.52. The zero-order valence-corrected chi connectivity index (χ0v) is 14.8. The van der Waals surface area contributed by atoms with Gasteiger partial charge in [-0.3, -0.25) is 9.97 Å². The van der Waals surface area contributed by atoms with Gasteiger partial charge in [0.25, 0.3) is 0 Å². The van der Waals surface area contributed by atoms with Crippen LogP contribution < -0.4 is 4.90 Å². The van der Waals surface area contributed by atoms with E-state index in [4.69, 9.17) is 0 Å². The standard InChI is InChI=1S/C22H20N4/c1-17-4-3-11-25-22(17)26-14-9-18(10-15-26)5-2-6-19-7-8-20-21(16-19)24-13-12-23-20/h3-5,7-8,11-13,16H,9-10,14-15H2,1H3. The molecule has 2 aromatic heterocycles. The van der Waals surface area contributed by atoms with E-state index in [-0.39, 0.29) is 0 Å². The van der Waals surface area contributed by atoms with Gasteiger partial charge in [-0.15, -0.1) is 0 Å². The van der Waals surface area contributed by atoms with E-state index in [0.717, 1.165) is 48.3 Å². The summed E-state index contributed by atoms with van der Waals surface area (Å²) in [6.45, 7) is 4.11. The number of hydrogen-bond donors (Lipinski definition) is 0. The van der Waals surface area contributed by atoms with Crippen LogP contribution in [0.4, 0.5) is 5.82 Å². The molecule has 0 unspecified atom stereocenters. The van der Waals surface area contributed by atoms with E-state index in [9.17, 15) is 0 Å². The molecule has 4 rings (SSSR count). The van der Waals surface area contributed by atoms with Crippen molar-refractivity contribution in [2.75, 3.05) is 18.0 Å². The van der Waals surface area contributed by atoms with Gasteiger partial charge < -0.3 is 4.90 Å². The maximum Gasteiger partial charge on any atom is 0.131 e. The highest BCUT2D eigenvalue weighted by atomic mass is 15.2. The molecule has 0 bridgehead atoms. The van der Waals surface area contributed by atoms with Crippen LogP contribution in [0.25, 0.3) is 11.0 Å². The second-order valence-electron chi connectivity index (χ2n) is 6.46. The summed E-state index contributed by atoms with van der Waals surface area (Å²) < 4.78 is 0. The van der Waals surface area contributed by atoms with E-state index < -0.39 is 0 Å². The third-order valence-corrected chi connectivity index (χ3v) is 4.65. The number of piperidine rings is 1. The molecule has 0 amide bonds. The van der Waals surface area contributed by atoms with Crippen molar-refractivity contribution in [2.45, 2.75) is 19.8 Å². The molecule has 0 spiro atoms. The average Bonchev–Trinajstić information content (AvgIpc) is 2.69. The summed E-state index contributed by atoms with van der Waals surface area (Å²) in [6, 6.07) is 10.1. The molecule has 3 aromatic rings. The molecular weight excluding hydrogens is 320 g/mol. The van der Waals surface area contributed by atoms with E-state index in [1.807, 2.05) is 30.5 Å². The first kappa shape index (κ1) is 16.3. The predicted molar refractivity (Wildman–Crippen MR) is 105 cm³/mol. The second-order valence-corrected chi connectivity index (χ2v) is 6.46. The van der Waals surface area contributed by atoms with Crippen LogP contribution in [0.2, 0.25) is 0 Å². The zero-order valence-electron chi connectivity index (χ0n) is 14.8. The van der Waals surface area contributed by atoms with Crippen molar-refractivity contribution in [3.63, 3.8) is 0 Å². The number of pyridine rings is 1. The Labute approximate surface area is 153 Å². The number of allylic oxidation sites excluding steroid dienone is 1. The van der Waals surface area contributed by atoms with Gasteiger partial charge in [0.1, 0.15) is 5.82 Å². The van der Waals surface area contributed by atoms with Gasteiger partial charge in [-0.2, -0.15) is 0 Å². The molecule has 0 N–H and O–H groups in total. The van der Waals surface area contributed by atoms with Crippen molar-refractivity contribution in [3.05, 3.63) is 71.7 Å². The van der Waals surface area contributed by atoms with Crippen LogP contribution in [-0.4, -0.2) is 28.0 Å². The zero-order chi connectivity index (χ0) is 17.8. The molecule has 1 aliphatic heterocycles. The van der Waals surface area contributed by atoms with Crippen LogP contribution in [0.1, 0.15) is 24.0 Å². The molecule has 26 heavy (non-hydrogen) atoms. The van der Waals surface area contributed by atoms with Crippen molar-refractivity contribution in [3.8, 4) is 11.8 Å². The van der Waals surface area contributed by atoms with Gasteiger partial charge in [0, 0.05) is 37.2 Å². The highest BCUT2D eigenvalue weighted by molar-refractivity contribution is 5.75. The molecule has 4 heteroatoms. The van der Waals surface area contributed by atoms with Crippen molar-refractivity contribution in [1.82, 2.24) is 15.0 Å². The van der Waals surface area contributed by atoms with Crippen LogP contribution in [0.15, 0.2) is 60.6 Å². The Bertz CT molecular complexity index is 1020. The molecule has 0 saturated carbocycles. The van der Waals surface area contributed by atoms with Crippen molar-refractivity contribution >= 4 is 16.9 Å². The largest absolute Gasteiger partial charge is 0.356 e. The SMILES string of the molecule is Cc1cccnc1N1CCC(=CC#Cc2ccc3nccnc3c2)CC1. The number of anilines is 1. The molecule has 1 fully saturated rings. The van der Waals surface area contributed by atoms with Gasteiger partial charge in [0.2, 0.25) is 0 Å². The average molecular weight is 340 g/mol. The lowest BCUT2D eigenvalue weighted by molar-refractivity contribution is 0.675. The number of fused-ring (bicyclic) bond motifs is 1. The smallest absolute Gasteiger partial charge is 0.131 e. The summed E-state index contributed by atoms with van der Waals surface area (Å²) in [5.74, 6) is 7.53. The number of rotatable bonds is 1. The van der Waals surface area contributed by atoms with Crippen LogP contribution in [-0.2, 0) is 0 Å². The van der Waals surface area contributed by atoms with Crippen LogP contribution in [0, 0.1) is 18.8 Å². The van der Waals surface area contributed by atoms with Crippen molar-refractivity contribution in [2.24, 2.45) is 0 Å². The Morgan fingerprint density at radius 3 is 2.58 bits per heavy atom. The molecule has 1 saturated heterocycles. The highest BCUT2D eigenvalue weighted by Gasteiger charge is 2.16. The van der Waals surface area contributed by atoms with Crippen molar-refractivity contribution in [1.29, 1.82) is 0 Å². The molecule has 3 heterocycles. The Kier molecular flexibility index (Phi) is 4.61. The summed E-state index contributed by atoms with van der Waals surface area (Å²) in [7, 11) is 0. The second kappa shape index (κ2) is 7.37. The molecule has 1 aliphatic rings. The number of benzene rings is 1. The maximum absolute atomic E-state index is 4.52. The molecule has 128 valence electrons. The minimum Gasteiger partial charge on any atom is -0.356 e. The number of aryl methyl sites for hydroxylation is 1. The van der Waals surface area contributed by atoms with E-state index in [1.54, 1.807) is 12.4 Å². The quantitative estimate of drug-likeness (QED) is 0.630. The molecule has 0 atom stereocenters. The van der Waals surface area contributed by atoms with E-state index >= 15 is 0 Å². The summed E-state index contributed by atoms with van der Waals surface area (Å²) in [5.41, 5.74) is 5.39. The van der Waals surface area contributed by atoms with Gasteiger partial charge >= 0.3 is 0 Å². The van der Waals surface area contributed by atoms with E-state index in [2.05, 4.69) is 50.8 Å². The number of nitrogens with zero attached hydrogens (tertiary/aromatic N) is 4. The highest BCUT2D eigenvalue weighted by Crippen LogP contribution is 2.23. The predicted octanol–water partition coefficient (Wildman–Crippen LogP) is 3.91. The molecule has 1 aromatic carbocycles. The van der Waals surface area contributed by atoms with Gasteiger partial charge in [-0.05, 0) is 55.7 Å². The van der Waals surface area contributed by atoms with Crippen LogP contribution in [0.5, 0.6) is 0 Å². The lowest BCUT2D eigenvalue weighted by Crippen LogP contribution is -2.31. The van der Waals surface area contributed by atoms with E-state index in [0.29, 0.717) is 0 Å². The fraction of sp³-hybridized carbons (Fsp3) is 0.227. The lowest BCUT2D eigenvalue weighted by Gasteiger charge is -2.30. The van der Waals surface area contributed by atoms with Gasteiger partial charge in [0.05, 0.1) is 11.0 Å². The Hall–Kier alpha value is -3.19. The third kappa shape index (κ3) is 3.57. The number of hydrogen-bond acceptors (Lipinski definition) is 4. The minimum absolute atomic E-state index is 0.881. The summed E-state index contributed by atoms with van der Waals surface area (Å²) in [6.07, 6.45) is 9.42. The number of aromatic nitrogens is 3. The van der Waals surface area contributed by atoms with Gasteiger partial charge in [-0.1, -0.05) is 23.5 Å². The first-order valence-corrected chi connectivity index (χ1v) is 8.86. The van der Waals surface area contributed by atoms with Crippen molar-refractivity contribution < 1.29 is 0 Å². The fourth-order valence-electron chi connectivity index (χ4n) is 3.22. The van der Waals surface area contributed by atoms with Gasteiger partial charge in [0.15, 0.2) is 0 Å². The Balaban J connectivity index is 1.43. The van der Waals surface area contributed by atoms with E-state index in [1.165, 1.54) is 11.1 Å². The molecule has 4 nitrogen and oxygen atoms in total. The Morgan fingerprint density at radius 1 is 0.962 bits per heavy atom. The summed E-state index contributed by atoms with van der Waals surface area (Å²) in [4.78, 5) is 15.5. The third-order valence-electron chi connectivity index (χ3n) is 4.65. The van der Waals surface area contributed by atoms with Gasteiger partial charge in [-0.25, -0.2) is 4.98 Å². The molecule has 0 radical (unpaired) electrons. The topological polar surface area (TPSA) is 41.9 Å². The fourth-order valence-corrected chi connectivity index (χ4v) is 3.22. The summed E-state index contributed by atoms with van der Waals surface area (Å²) >= 11 is 0.